The van der Waals surface area contributed by atoms with Crippen LogP contribution < -0.4 is 4.89 Å². The van der Waals surface area contributed by atoms with Crippen LogP contribution >= 0.6 is 8.03 Å². The van der Waals surface area contributed by atoms with Crippen molar-refractivity contribution in [3.8, 4) is 0 Å². The van der Waals surface area contributed by atoms with Crippen molar-refractivity contribution in [2.45, 2.75) is 6.92 Å². The smallest absolute Gasteiger partial charge is 0.596 e. The molecule has 1 unspecified atom stereocenters. The fourth-order valence-corrected chi connectivity index (χ4v) is 0. The molecule has 38 valence electrons. The van der Waals surface area contributed by atoms with Crippen molar-refractivity contribution < 1.29 is 28.9 Å². The summed E-state index contributed by atoms with van der Waals surface area (Å²) in [6, 6.07) is 0. The molecule has 0 heterocycles. The molecule has 0 fully saturated rings. The first-order valence-electron chi connectivity index (χ1n) is 1.52. The van der Waals surface area contributed by atoms with Crippen LogP contribution in [0.15, 0.2) is 0 Å². The molecular weight excluding hydrogens is 164 g/mol. The van der Waals surface area contributed by atoms with Gasteiger partial charge in [0, 0.05) is 0 Å². The van der Waals surface area contributed by atoms with Crippen molar-refractivity contribution in [1.29, 1.82) is 0 Å². The summed E-state index contributed by atoms with van der Waals surface area (Å²) in [5, 5.41) is 0. The van der Waals surface area contributed by atoms with Gasteiger partial charge in [-0.15, -0.1) is 0 Å². The van der Waals surface area contributed by atoms with Crippen molar-refractivity contribution in [2.75, 3.05) is 6.66 Å². The van der Waals surface area contributed by atoms with E-state index in [9.17, 15) is 0 Å². The van der Waals surface area contributed by atoms with Gasteiger partial charge >= 0.3 is 27.5 Å². The van der Waals surface area contributed by atoms with E-state index >= 15 is 0 Å². The first-order chi connectivity index (χ1) is 2.73. The van der Waals surface area contributed by atoms with Crippen molar-refractivity contribution in [1.82, 2.24) is 0 Å². The number of hydrogen-bond donors (Lipinski definition) is 0. The van der Waals surface area contributed by atoms with Crippen LogP contribution in [-0.4, -0.2) is 6.66 Å². The van der Waals surface area contributed by atoms with Gasteiger partial charge in [0.15, 0.2) is 0 Å². The quantitative estimate of drug-likeness (QED) is 0.304. The normalized spacial score (nSPS) is 7.14. The molecule has 7 heavy (non-hydrogen) atoms. The molecule has 0 amide bonds. The molecule has 0 aromatic rings. The Labute approximate surface area is 57.9 Å². The summed E-state index contributed by atoms with van der Waals surface area (Å²) in [7, 11) is -2.12. The van der Waals surface area contributed by atoms with Gasteiger partial charge in [0.2, 0.25) is 0 Å². The van der Waals surface area contributed by atoms with E-state index in [0.29, 0.717) is 0 Å². The third-order valence-corrected chi connectivity index (χ3v) is 0. The summed E-state index contributed by atoms with van der Waals surface area (Å²) in [6.07, 6.45) is 0. The fourth-order valence-electron chi connectivity index (χ4n) is 0. The maximum atomic E-state index is 9.04. The Morgan fingerprint density at radius 1 is 1.57 bits per heavy atom. The zero-order valence-corrected chi connectivity index (χ0v) is 8.54. The second-order valence-corrected chi connectivity index (χ2v) is 1.32. The van der Waals surface area contributed by atoms with E-state index < -0.39 is 8.03 Å². The van der Waals surface area contributed by atoms with Gasteiger partial charge in [0.05, 0.1) is 0 Å². The van der Waals surface area contributed by atoms with Crippen LogP contribution in [0.3, 0.4) is 0 Å². The summed E-state index contributed by atoms with van der Waals surface area (Å²) in [5.41, 5.74) is 0. The largest absolute Gasteiger partial charge is 2.00 e. The van der Waals surface area contributed by atoms with Crippen molar-refractivity contribution in [3.63, 3.8) is 0 Å². The van der Waals surface area contributed by atoms with Crippen LogP contribution in [0.4, 0.5) is 0 Å². The summed E-state index contributed by atoms with van der Waals surface area (Å²) in [6.45, 7) is 6.12. The van der Waals surface area contributed by atoms with Crippen LogP contribution in [0.25, 0.3) is 0 Å². The van der Waals surface area contributed by atoms with Gasteiger partial charge in [-0.3, -0.25) is 0 Å². The average Bonchev–Trinajstić information content (AvgIpc) is 1.41. The molecule has 0 aliphatic rings. The predicted octanol–water partition coefficient (Wildman–Crippen LogP) is 0.557. The maximum Gasteiger partial charge on any atom is 2.00 e. The van der Waals surface area contributed by atoms with Gasteiger partial charge in [0.1, 0.15) is 6.66 Å². The van der Waals surface area contributed by atoms with E-state index in [0.717, 1.165) is 6.66 Å². The van der Waals surface area contributed by atoms with Crippen LogP contribution in [-0.2, 0) is 24.0 Å². The topological polar surface area (TPSA) is 40.1 Å². The minimum atomic E-state index is -2.12. The van der Waals surface area contributed by atoms with Crippen LogP contribution in [0, 0.1) is 6.92 Å². The standard InChI is InChI=1S/C2H5.CH3O2P.Zn/c1-2;1-4(2)3;/h1H2,2H3;1H3;/q-1;;+2. The molecule has 0 aromatic heterocycles. The Morgan fingerprint density at radius 3 is 1.57 bits per heavy atom. The van der Waals surface area contributed by atoms with E-state index in [1.807, 2.05) is 0 Å². The molecular formula is C3H8O2PZn+. The molecule has 0 bridgehead atoms. The van der Waals surface area contributed by atoms with Gasteiger partial charge in [0.25, 0.3) is 0 Å². The van der Waals surface area contributed by atoms with E-state index in [1.165, 1.54) is 0 Å². The fraction of sp³-hybridized carbons (Fsp3) is 0.667. The molecule has 4 heteroatoms. The number of rotatable bonds is 0. The molecule has 0 aromatic carbocycles. The summed E-state index contributed by atoms with van der Waals surface area (Å²) < 4.78 is 9.04. The molecule has 0 saturated heterocycles. The van der Waals surface area contributed by atoms with Crippen molar-refractivity contribution >= 4 is 8.03 Å². The molecule has 0 aliphatic heterocycles. The van der Waals surface area contributed by atoms with E-state index in [-0.39, 0.29) is 19.5 Å². The van der Waals surface area contributed by atoms with Crippen molar-refractivity contribution in [2.24, 2.45) is 0 Å². The molecule has 0 saturated carbocycles. The Morgan fingerprint density at radius 2 is 1.57 bits per heavy atom. The maximum absolute atomic E-state index is 9.04. The second kappa shape index (κ2) is 15.9. The Hall–Kier alpha value is 0.683. The van der Waals surface area contributed by atoms with Gasteiger partial charge < -0.3 is 11.8 Å². The first-order valence-corrected chi connectivity index (χ1v) is 3.14. The molecule has 0 spiro atoms. The zero-order valence-electron chi connectivity index (χ0n) is 4.68. The second-order valence-electron chi connectivity index (χ2n) is 0.440. The SMILES string of the molecule is C[P+](=O)[O-].[CH2-]C.[Zn+2]. The van der Waals surface area contributed by atoms with Crippen LogP contribution in [0.2, 0.25) is 0 Å². The molecule has 0 rings (SSSR count). The summed E-state index contributed by atoms with van der Waals surface area (Å²) in [4.78, 5) is 9.04. The molecule has 1 atom stereocenters. The predicted molar refractivity (Wildman–Crippen MR) is 24.6 cm³/mol. The van der Waals surface area contributed by atoms with Crippen molar-refractivity contribution in [3.05, 3.63) is 6.92 Å². The molecule has 0 aliphatic carbocycles. The van der Waals surface area contributed by atoms with Gasteiger partial charge in [-0.05, 0) is 0 Å². The summed E-state index contributed by atoms with van der Waals surface area (Å²) >= 11 is 0. The minimum Gasteiger partial charge on any atom is -0.596 e. The van der Waals surface area contributed by atoms with Crippen LogP contribution in [0.1, 0.15) is 6.92 Å². The summed E-state index contributed by atoms with van der Waals surface area (Å²) in [5.74, 6) is 0. The molecule has 0 radical (unpaired) electrons. The molecule has 0 N–H and O–H groups in total. The van der Waals surface area contributed by atoms with Gasteiger partial charge in [-0.1, -0.05) is 4.57 Å². The van der Waals surface area contributed by atoms with E-state index in [4.69, 9.17) is 9.46 Å². The molecule has 2 nitrogen and oxygen atoms in total. The van der Waals surface area contributed by atoms with E-state index in [1.54, 1.807) is 6.92 Å². The minimum absolute atomic E-state index is 0. The Bertz CT molecular complexity index is 35.9. The Kier molecular flexibility index (Phi) is 35.6. The first kappa shape index (κ1) is 15.6. The monoisotopic (exact) mass is 171 g/mol. The van der Waals surface area contributed by atoms with Gasteiger partial charge in [-0.2, -0.15) is 6.92 Å². The average molecular weight is 172 g/mol. The Balaban J connectivity index is -0.0000000480. The van der Waals surface area contributed by atoms with E-state index in [2.05, 4.69) is 6.92 Å². The van der Waals surface area contributed by atoms with Gasteiger partial charge in [-0.25, -0.2) is 0 Å². The zero-order chi connectivity index (χ0) is 5.58. The third kappa shape index (κ3) is 314. The third-order valence-electron chi connectivity index (χ3n) is 0. The number of hydrogen-bond acceptors (Lipinski definition) is 2. The van der Waals surface area contributed by atoms with Crippen LogP contribution in [0.5, 0.6) is 0 Å².